The van der Waals surface area contributed by atoms with E-state index in [2.05, 4.69) is 5.32 Å². The number of hydrogen-bond acceptors (Lipinski definition) is 4. The molecule has 0 heterocycles. The Bertz CT molecular complexity index is 747. The zero-order valence-electron chi connectivity index (χ0n) is 13.3. The molecule has 24 heavy (non-hydrogen) atoms. The molecule has 0 spiro atoms. The van der Waals surface area contributed by atoms with Crippen LogP contribution in [0.4, 0.5) is 5.69 Å². The Labute approximate surface area is 144 Å². The van der Waals surface area contributed by atoms with Gasteiger partial charge in [-0.15, -0.1) is 0 Å². The maximum Gasteiger partial charge on any atom is 0.270 e. The van der Waals surface area contributed by atoms with Gasteiger partial charge in [0, 0.05) is 12.1 Å². The van der Waals surface area contributed by atoms with Gasteiger partial charge in [-0.2, -0.15) is 0 Å². The summed E-state index contributed by atoms with van der Waals surface area (Å²) in [6, 6.07) is 10.9. The third-order valence-corrected chi connectivity index (χ3v) is 3.97. The summed E-state index contributed by atoms with van der Waals surface area (Å²) in [4.78, 5) is 22.8. The van der Waals surface area contributed by atoms with Crippen molar-refractivity contribution in [2.75, 3.05) is 7.11 Å². The fourth-order valence-corrected chi connectivity index (χ4v) is 2.50. The van der Waals surface area contributed by atoms with Gasteiger partial charge in [0.25, 0.3) is 11.6 Å². The second kappa shape index (κ2) is 7.79. The van der Waals surface area contributed by atoms with E-state index in [0.29, 0.717) is 6.42 Å². The molecular weight excluding hydrogens is 332 g/mol. The SMILES string of the molecule is CC[C@H](NC(=O)c1cc([N+](=O)[O-])ccc1Cl)c1ccc(OC)cc1. The van der Waals surface area contributed by atoms with E-state index in [1.165, 1.54) is 18.2 Å². The first-order valence-electron chi connectivity index (χ1n) is 7.35. The van der Waals surface area contributed by atoms with Crippen LogP contribution in [0.25, 0.3) is 0 Å². The molecule has 0 unspecified atom stereocenters. The number of rotatable bonds is 6. The van der Waals surface area contributed by atoms with Gasteiger partial charge >= 0.3 is 0 Å². The maximum absolute atomic E-state index is 12.5. The first kappa shape index (κ1) is 17.7. The van der Waals surface area contributed by atoms with Crippen molar-refractivity contribution >= 4 is 23.2 Å². The lowest BCUT2D eigenvalue weighted by atomic mass is 10.0. The number of nitrogens with zero attached hydrogens (tertiary/aromatic N) is 1. The predicted molar refractivity (Wildman–Crippen MR) is 91.6 cm³/mol. The first-order valence-corrected chi connectivity index (χ1v) is 7.72. The largest absolute Gasteiger partial charge is 0.497 e. The minimum absolute atomic E-state index is 0.0813. The molecule has 2 aromatic carbocycles. The van der Waals surface area contributed by atoms with Crippen molar-refractivity contribution in [2.45, 2.75) is 19.4 Å². The molecule has 0 radical (unpaired) electrons. The van der Waals surface area contributed by atoms with Crippen LogP contribution in [0.5, 0.6) is 5.75 Å². The summed E-state index contributed by atoms with van der Waals surface area (Å²) in [5.74, 6) is 0.271. The van der Waals surface area contributed by atoms with E-state index in [0.717, 1.165) is 11.3 Å². The second-order valence-electron chi connectivity index (χ2n) is 5.13. The van der Waals surface area contributed by atoms with Crippen molar-refractivity contribution in [1.82, 2.24) is 5.32 Å². The highest BCUT2D eigenvalue weighted by Crippen LogP contribution is 2.24. The molecule has 0 aliphatic heterocycles. The molecule has 7 heteroatoms. The maximum atomic E-state index is 12.5. The van der Waals surface area contributed by atoms with E-state index < -0.39 is 10.8 Å². The van der Waals surface area contributed by atoms with E-state index in [9.17, 15) is 14.9 Å². The van der Waals surface area contributed by atoms with Crippen molar-refractivity contribution in [3.05, 3.63) is 68.7 Å². The third kappa shape index (κ3) is 4.02. The first-order chi connectivity index (χ1) is 11.5. The van der Waals surface area contributed by atoms with Crippen molar-refractivity contribution < 1.29 is 14.5 Å². The van der Waals surface area contributed by atoms with Crippen molar-refractivity contribution in [3.8, 4) is 5.75 Å². The minimum atomic E-state index is -0.562. The number of nitro benzene ring substituents is 1. The van der Waals surface area contributed by atoms with Gasteiger partial charge in [-0.1, -0.05) is 30.7 Å². The molecule has 1 amide bonds. The molecular formula is C17H17ClN2O4. The highest BCUT2D eigenvalue weighted by atomic mass is 35.5. The van der Waals surface area contributed by atoms with Crippen molar-refractivity contribution in [3.63, 3.8) is 0 Å². The third-order valence-electron chi connectivity index (χ3n) is 3.64. The number of amides is 1. The molecule has 0 aliphatic carbocycles. The van der Waals surface area contributed by atoms with E-state index in [1.54, 1.807) is 7.11 Å². The summed E-state index contributed by atoms with van der Waals surface area (Å²) in [7, 11) is 1.58. The van der Waals surface area contributed by atoms with Crippen LogP contribution in [0.2, 0.25) is 5.02 Å². The summed E-state index contributed by atoms with van der Waals surface area (Å²) in [6.45, 7) is 1.93. The number of carbonyl (C=O) groups is 1. The smallest absolute Gasteiger partial charge is 0.270 e. The van der Waals surface area contributed by atoms with Gasteiger partial charge in [0.1, 0.15) is 5.75 Å². The topological polar surface area (TPSA) is 81.5 Å². The highest BCUT2D eigenvalue weighted by molar-refractivity contribution is 6.33. The summed E-state index contributed by atoms with van der Waals surface area (Å²) in [5, 5.41) is 13.9. The lowest BCUT2D eigenvalue weighted by Gasteiger charge is -2.18. The molecule has 2 aromatic rings. The lowest BCUT2D eigenvalue weighted by molar-refractivity contribution is -0.384. The van der Waals surface area contributed by atoms with E-state index in [1.807, 2.05) is 31.2 Å². The average Bonchev–Trinajstić information content (AvgIpc) is 2.59. The number of methoxy groups -OCH3 is 1. The summed E-state index contributed by atoms with van der Waals surface area (Å²) in [6.07, 6.45) is 0.657. The molecule has 126 valence electrons. The number of ether oxygens (including phenoxy) is 1. The molecule has 0 aliphatic rings. The Morgan fingerprint density at radius 1 is 1.29 bits per heavy atom. The quantitative estimate of drug-likeness (QED) is 0.628. The van der Waals surface area contributed by atoms with E-state index in [-0.39, 0.29) is 22.3 Å². The minimum Gasteiger partial charge on any atom is -0.497 e. The van der Waals surface area contributed by atoms with Gasteiger partial charge in [0.15, 0.2) is 0 Å². The normalized spacial score (nSPS) is 11.6. The molecule has 2 rings (SSSR count). The molecule has 0 aromatic heterocycles. The molecule has 0 saturated carbocycles. The van der Waals surface area contributed by atoms with E-state index in [4.69, 9.17) is 16.3 Å². The second-order valence-corrected chi connectivity index (χ2v) is 5.54. The number of benzene rings is 2. The van der Waals surface area contributed by atoms with Gasteiger partial charge in [0.2, 0.25) is 0 Å². The fraction of sp³-hybridized carbons (Fsp3) is 0.235. The Morgan fingerprint density at radius 3 is 2.50 bits per heavy atom. The van der Waals surface area contributed by atoms with E-state index >= 15 is 0 Å². The Balaban J connectivity index is 2.22. The van der Waals surface area contributed by atoms with Gasteiger partial charge in [0.05, 0.1) is 28.7 Å². The number of hydrogen-bond donors (Lipinski definition) is 1. The van der Waals surface area contributed by atoms with Crippen LogP contribution in [0, 0.1) is 10.1 Å². The van der Waals surface area contributed by atoms with Crippen molar-refractivity contribution in [1.29, 1.82) is 0 Å². The van der Waals surface area contributed by atoms with Crippen LogP contribution in [0.1, 0.15) is 35.3 Å². The number of carbonyl (C=O) groups excluding carboxylic acids is 1. The van der Waals surface area contributed by atoms with Gasteiger partial charge < -0.3 is 10.1 Å². The highest BCUT2D eigenvalue weighted by Gasteiger charge is 2.19. The zero-order valence-corrected chi connectivity index (χ0v) is 14.0. The van der Waals surface area contributed by atoms with Crippen LogP contribution in [-0.2, 0) is 0 Å². The number of nitrogens with one attached hydrogen (secondary N) is 1. The van der Waals surface area contributed by atoms with Gasteiger partial charge in [-0.05, 0) is 30.2 Å². The number of nitro groups is 1. The predicted octanol–water partition coefficient (Wildman–Crippen LogP) is 4.14. The summed E-state index contributed by atoms with van der Waals surface area (Å²) in [5.41, 5.74) is 0.813. The molecule has 6 nitrogen and oxygen atoms in total. The Hall–Kier alpha value is -2.60. The lowest BCUT2D eigenvalue weighted by Crippen LogP contribution is -2.28. The number of non-ortho nitro benzene ring substituents is 1. The Kier molecular flexibility index (Phi) is 5.76. The number of halogens is 1. The summed E-state index contributed by atoms with van der Waals surface area (Å²) < 4.78 is 5.12. The molecule has 0 fully saturated rings. The zero-order chi connectivity index (χ0) is 17.7. The van der Waals surface area contributed by atoms with Crippen LogP contribution in [-0.4, -0.2) is 17.9 Å². The van der Waals surface area contributed by atoms with Crippen LogP contribution < -0.4 is 10.1 Å². The monoisotopic (exact) mass is 348 g/mol. The van der Waals surface area contributed by atoms with Crippen LogP contribution in [0.3, 0.4) is 0 Å². The average molecular weight is 349 g/mol. The van der Waals surface area contributed by atoms with Gasteiger partial charge in [-0.3, -0.25) is 14.9 Å². The summed E-state index contributed by atoms with van der Waals surface area (Å²) >= 11 is 6.01. The molecule has 0 bridgehead atoms. The van der Waals surface area contributed by atoms with Crippen molar-refractivity contribution in [2.24, 2.45) is 0 Å². The van der Waals surface area contributed by atoms with Crippen LogP contribution in [0.15, 0.2) is 42.5 Å². The van der Waals surface area contributed by atoms with Gasteiger partial charge in [-0.25, -0.2) is 0 Å². The Morgan fingerprint density at radius 2 is 1.96 bits per heavy atom. The van der Waals surface area contributed by atoms with Crippen LogP contribution >= 0.6 is 11.6 Å². The molecule has 1 atom stereocenters. The molecule has 1 N–H and O–H groups in total. The standard InChI is InChI=1S/C17H17ClN2O4/c1-3-16(11-4-7-13(24-2)8-5-11)19-17(21)14-10-12(20(22)23)6-9-15(14)18/h4-10,16H,3H2,1-2H3,(H,19,21)/t16-/m0/s1. The molecule has 0 saturated heterocycles. The fourth-order valence-electron chi connectivity index (χ4n) is 2.29.